The molecular weight excluding hydrogens is 256 g/mol. The van der Waals surface area contributed by atoms with Gasteiger partial charge in [-0.1, -0.05) is 26.2 Å². The summed E-state index contributed by atoms with van der Waals surface area (Å²) in [5.74, 6) is 0. The fourth-order valence-corrected chi connectivity index (χ4v) is 2.69. The van der Waals surface area contributed by atoms with Gasteiger partial charge in [-0.15, -0.1) is 0 Å². The molecule has 0 amide bonds. The van der Waals surface area contributed by atoms with Gasteiger partial charge < -0.3 is 15.3 Å². The third kappa shape index (κ3) is 7.55. The highest BCUT2D eigenvalue weighted by Crippen LogP contribution is 2.27. The Morgan fingerprint density at radius 3 is 1.65 bits per heavy atom. The molecule has 0 heterocycles. The molecule has 1 unspecified atom stereocenters. The van der Waals surface area contributed by atoms with Gasteiger partial charge in [-0.25, -0.2) is 4.90 Å². The minimum absolute atomic E-state index is 0.318. The Labute approximate surface area is 124 Å². The molecule has 5 nitrogen and oxygen atoms in total. The van der Waals surface area contributed by atoms with E-state index in [0.717, 1.165) is 25.7 Å². The second-order valence-electron chi connectivity index (χ2n) is 7.07. The summed E-state index contributed by atoms with van der Waals surface area (Å²) in [7, 11) is 0. The largest absolute Gasteiger partial charge is 0.376 e. The van der Waals surface area contributed by atoms with Crippen LogP contribution in [0.5, 0.6) is 0 Å². The van der Waals surface area contributed by atoms with E-state index >= 15 is 0 Å². The molecule has 122 valence electrons. The maximum absolute atomic E-state index is 10.4. The molecule has 20 heavy (non-hydrogen) atoms. The van der Waals surface area contributed by atoms with Crippen molar-refractivity contribution in [3.8, 4) is 0 Å². The summed E-state index contributed by atoms with van der Waals surface area (Å²) in [4.78, 5) is 1.60. The van der Waals surface area contributed by atoms with Crippen LogP contribution in [0.25, 0.3) is 0 Å². The minimum Gasteiger partial charge on any atom is -0.376 e. The fourth-order valence-electron chi connectivity index (χ4n) is 2.69. The number of aliphatic hydroxyl groups is 3. The Kier molecular flexibility index (Phi) is 7.11. The lowest BCUT2D eigenvalue weighted by molar-refractivity contribution is -0.232. The summed E-state index contributed by atoms with van der Waals surface area (Å²) >= 11 is 0. The maximum Gasteiger partial charge on any atom is 0.116 e. The first kappa shape index (κ1) is 19.8. The van der Waals surface area contributed by atoms with E-state index in [0.29, 0.717) is 0 Å². The lowest BCUT2D eigenvalue weighted by Crippen LogP contribution is -2.66. The Morgan fingerprint density at radius 2 is 1.35 bits per heavy atom. The van der Waals surface area contributed by atoms with Gasteiger partial charge in [0, 0.05) is 0 Å². The molecule has 0 aliphatic carbocycles. The quantitative estimate of drug-likeness (QED) is 0.386. The Balaban J connectivity index is 5.20. The SMILES string of the molecule is CCCCCC(NC(C)(C)O)N(C(C)(C)O)C(C)(C)O. The summed E-state index contributed by atoms with van der Waals surface area (Å²) in [5.41, 5.74) is -3.48. The van der Waals surface area contributed by atoms with E-state index < -0.39 is 17.2 Å². The van der Waals surface area contributed by atoms with Crippen molar-refractivity contribution in [2.75, 3.05) is 0 Å². The summed E-state index contributed by atoms with van der Waals surface area (Å²) in [6.45, 7) is 12.0. The van der Waals surface area contributed by atoms with Crippen molar-refractivity contribution in [1.82, 2.24) is 10.2 Å². The first-order chi connectivity index (χ1) is 8.79. The first-order valence-electron chi connectivity index (χ1n) is 7.53. The summed E-state index contributed by atoms with van der Waals surface area (Å²) in [6.07, 6.45) is 3.57. The van der Waals surface area contributed by atoms with Crippen LogP contribution in [0.3, 0.4) is 0 Å². The molecule has 1 atom stereocenters. The molecule has 0 fully saturated rings. The molecule has 0 spiro atoms. The highest BCUT2D eigenvalue weighted by molar-refractivity contribution is 4.86. The molecule has 4 N–H and O–H groups in total. The molecular formula is C15H34N2O3. The third-order valence-corrected chi connectivity index (χ3v) is 3.09. The van der Waals surface area contributed by atoms with Crippen LogP contribution in [0.15, 0.2) is 0 Å². The number of hydrogen-bond donors (Lipinski definition) is 4. The number of rotatable bonds is 9. The summed E-state index contributed by atoms with van der Waals surface area (Å²) < 4.78 is 0. The van der Waals surface area contributed by atoms with Crippen molar-refractivity contribution < 1.29 is 15.3 Å². The van der Waals surface area contributed by atoms with E-state index in [-0.39, 0.29) is 6.17 Å². The lowest BCUT2D eigenvalue weighted by Gasteiger charge is -2.49. The number of nitrogens with zero attached hydrogens (tertiary/aromatic N) is 1. The van der Waals surface area contributed by atoms with Gasteiger partial charge in [0.2, 0.25) is 0 Å². The number of nitrogens with one attached hydrogen (secondary N) is 1. The molecule has 0 aromatic carbocycles. The molecule has 0 aromatic heterocycles. The normalized spacial score (nSPS) is 15.8. The Bertz CT molecular complexity index is 260. The molecule has 0 saturated carbocycles. The maximum atomic E-state index is 10.4. The minimum atomic E-state index is -1.20. The van der Waals surface area contributed by atoms with Crippen LogP contribution in [-0.4, -0.2) is 43.6 Å². The molecule has 0 aliphatic heterocycles. The number of unbranched alkanes of at least 4 members (excludes halogenated alkanes) is 2. The van der Waals surface area contributed by atoms with Gasteiger partial charge in [0.1, 0.15) is 17.2 Å². The molecule has 0 bridgehead atoms. The van der Waals surface area contributed by atoms with Gasteiger partial charge in [-0.2, -0.15) is 0 Å². The highest BCUT2D eigenvalue weighted by atomic mass is 16.3. The van der Waals surface area contributed by atoms with Crippen LogP contribution < -0.4 is 5.32 Å². The predicted molar refractivity (Wildman–Crippen MR) is 81.8 cm³/mol. The van der Waals surface area contributed by atoms with E-state index in [1.807, 2.05) is 0 Å². The van der Waals surface area contributed by atoms with Gasteiger partial charge >= 0.3 is 0 Å². The first-order valence-corrected chi connectivity index (χ1v) is 7.53. The van der Waals surface area contributed by atoms with Crippen LogP contribution in [0.2, 0.25) is 0 Å². The van der Waals surface area contributed by atoms with Gasteiger partial charge in [0.05, 0.1) is 6.17 Å². The van der Waals surface area contributed by atoms with Crippen LogP contribution >= 0.6 is 0 Å². The second-order valence-corrected chi connectivity index (χ2v) is 7.07. The van der Waals surface area contributed by atoms with Gasteiger partial charge in [-0.3, -0.25) is 5.32 Å². The van der Waals surface area contributed by atoms with E-state index in [1.54, 1.807) is 46.4 Å². The monoisotopic (exact) mass is 290 g/mol. The zero-order chi connectivity index (χ0) is 16.2. The van der Waals surface area contributed by atoms with Gasteiger partial charge in [0.25, 0.3) is 0 Å². The molecule has 0 saturated heterocycles. The van der Waals surface area contributed by atoms with E-state index in [9.17, 15) is 15.3 Å². The number of hydrogen-bond acceptors (Lipinski definition) is 5. The summed E-state index contributed by atoms with van der Waals surface area (Å²) in [5, 5.41) is 33.9. The van der Waals surface area contributed by atoms with Crippen LogP contribution in [0.1, 0.15) is 74.1 Å². The van der Waals surface area contributed by atoms with Crippen molar-refractivity contribution >= 4 is 0 Å². The van der Waals surface area contributed by atoms with Crippen LogP contribution in [0, 0.1) is 0 Å². The molecule has 5 heteroatoms. The average Bonchev–Trinajstić information content (AvgIpc) is 2.10. The molecule has 0 rings (SSSR count). The lowest BCUT2D eigenvalue weighted by atomic mass is 10.0. The zero-order valence-corrected chi connectivity index (χ0v) is 14.2. The molecule has 0 aliphatic rings. The van der Waals surface area contributed by atoms with Crippen molar-refractivity contribution in [3.63, 3.8) is 0 Å². The third-order valence-electron chi connectivity index (χ3n) is 3.09. The van der Waals surface area contributed by atoms with E-state index in [1.165, 1.54) is 0 Å². The van der Waals surface area contributed by atoms with Crippen LogP contribution in [-0.2, 0) is 0 Å². The highest BCUT2D eigenvalue weighted by Gasteiger charge is 2.41. The van der Waals surface area contributed by atoms with Gasteiger partial charge in [0.15, 0.2) is 0 Å². The standard InChI is InChI=1S/C15H34N2O3/c1-8-9-10-11-12(16-13(2,3)18)17(14(4,5)19)15(6,7)20/h12,16,18-20H,8-11H2,1-7H3. The topological polar surface area (TPSA) is 76.0 Å². The van der Waals surface area contributed by atoms with Crippen molar-refractivity contribution in [3.05, 3.63) is 0 Å². The Hall–Kier alpha value is -0.200. The van der Waals surface area contributed by atoms with Crippen molar-refractivity contribution in [2.45, 2.75) is 97.5 Å². The summed E-state index contributed by atoms with van der Waals surface area (Å²) in [6, 6.07) is 0. The smallest absolute Gasteiger partial charge is 0.116 e. The second kappa shape index (κ2) is 7.18. The molecule has 0 aromatic rings. The van der Waals surface area contributed by atoms with E-state index in [4.69, 9.17) is 0 Å². The Morgan fingerprint density at radius 1 is 0.900 bits per heavy atom. The average molecular weight is 290 g/mol. The zero-order valence-electron chi connectivity index (χ0n) is 14.2. The van der Waals surface area contributed by atoms with Gasteiger partial charge in [-0.05, 0) is 48.0 Å². The van der Waals surface area contributed by atoms with Crippen LogP contribution in [0.4, 0.5) is 0 Å². The van der Waals surface area contributed by atoms with E-state index in [2.05, 4.69) is 12.2 Å². The molecule has 0 radical (unpaired) electrons. The predicted octanol–water partition coefficient (Wildman–Crippen LogP) is 1.97. The van der Waals surface area contributed by atoms with Crippen molar-refractivity contribution in [1.29, 1.82) is 0 Å². The van der Waals surface area contributed by atoms with Crippen molar-refractivity contribution in [2.24, 2.45) is 0 Å². The fraction of sp³-hybridized carbons (Fsp3) is 1.00.